The summed E-state index contributed by atoms with van der Waals surface area (Å²) in [6.45, 7) is 8.68. The van der Waals surface area contributed by atoms with Crippen LogP contribution in [0.25, 0.3) is 11.1 Å². The minimum atomic E-state index is -4.09. The lowest BCUT2D eigenvalue weighted by atomic mass is 9.85. The molecule has 0 spiro atoms. The number of para-hydroxylation sites is 1. The van der Waals surface area contributed by atoms with Crippen LogP contribution in [0.4, 0.5) is 0 Å². The lowest BCUT2D eigenvalue weighted by molar-refractivity contribution is -0.225. The van der Waals surface area contributed by atoms with E-state index in [1.807, 2.05) is 42.5 Å². The van der Waals surface area contributed by atoms with Gasteiger partial charge in [-0.3, -0.25) is 0 Å². The number of hydrogen-bond donors (Lipinski definition) is 1. The minimum Gasteiger partial charge on any atom is -0.490 e. The van der Waals surface area contributed by atoms with Gasteiger partial charge in [0.05, 0.1) is 12.0 Å². The fourth-order valence-corrected chi connectivity index (χ4v) is 5.33. The number of sulfonamides is 1. The third-order valence-electron chi connectivity index (χ3n) is 6.40. The van der Waals surface area contributed by atoms with Gasteiger partial charge in [-0.15, -0.1) is 0 Å². The van der Waals surface area contributed by atoms with E-state index in [1.54, 1.807) is 31.2 Å². The molecular weight excluding hydrogens is 518 g/mol. The first-order chi connectivity index (χ1) is 18.6. The van der Waals surface area contributed by atoms with Crippen LogP contribution in [-0.2, 0) is 24.9 Å². The second-order valence-electron chi connectivity index (χ2n) is 10.4. The summed E-state index contributed by atoms with van der Waals surface area (Å²) < 4.78 is 49.9. The van der Waals surface area contributed by atoms with Crippen LogP contribution in [0.15, 0.2) is 71.6 Å². The quantitative estimate of drug-likeness (QED) is 0.235. The third-order valence-corrected chi connectivity index (χ3v) is 7.64. The molecule has 1 aliphatic rings. The van der Waals surface area contributed by atoms with Gasteiger partial charge in [0, 0.05) is 12.2 Å². The van der Waals surface area contributed by atoms with Gasteiger partial charge in [-0.2, -0.15) is 0 Å². The van der Waals surface area contributed by atoms with Gasteiger partial charge < -0.3 is 23.8 Å². The average Bonchev–Trinajstić information content (AvgIpc) is 2.92. The Morgan fingerprint density at radius 2 is 1.72 bits per heavy atom. The van der Waals surface area contributed by atoms with Crippen LogP contribution in [-0.4, -0.2) is 34.7 Å². The summed E-state index contributed by atoms with van der Waals surface area (Å²) in [4.78, 5) is 7.97. The van der Waals surface area contributed by atoms with Crippen molar-refractivity contribution in [2.24, 2.45) is 0 Å². The van der Waals surface area contributed by atoms with Crippen molar-refractivity contribution in [2.45, 2.75) is 69.8 Å². The molecule has 2 atom stereocenters. The normalized spacial score (nSPS) is 16.9. The lowest BCUT2D eigenvalue weighted by Gasteiger charge is -2.26. The van der Waals surface area contributed by atoms with Gasteiger partial charge in [-0.1, -0.05) is 63.2 Å². The maximum absolute atomic E-state index is 13.5. The Labute approximate surface area is 231 Å². The molecule has 4 rings (SSSR count). The van der Waals surface area contributed by atoms with Gasteiger partial charge >= 0.3 is 0 Å². The standard InChI is InChI=1S/C30H37NO7S/c1-21(37-28-16-9-10-19-35-28)36-25-14-11-15-26(29(25)34-5)38-31-39(32,33)27-18-17-23(30(2,3)4)20-24(27)22-12-7-6-8-13-22/h6-8,11-15,17-18,20-21,28,31H,9-10,16,19H2,1-5H3. The molecule has 1 aliphatic heterocycles. The van der Waals surface area contributed by atoms with Gasteiger partial charge in [0.15, 0.2) is 24.1 Å². The first-order valence-electron chi connectivity index (χ1n) is 13.1. The summed E-state index contributed by atoms with van der Waals surface area (Å²) in [6, 6.07) is 19.7. The van der Waals surface area contributed by atoms with Crippen molar-refractivity contribution in [3.63, 3.8) is 0 Å². The number of nitrogens with one attached hydrogen (secondary N) is 1. The molecule has 0 bridgehead atoms. The van der Waals surface area contributed by atoms with Crippen molar-refractivity contribution in [3.8, 4) is 28.4 Å². The molecule has 210 valence electrons. The highest BCUT2D eigenvalue weighted by molar-refractivity contribution is 7.89. The molecular formula is C30H37NO7S. The van der Waals surface area contributed by atoms with Gasteiger partial charge in [0.1, 0.15) is 0 Å². The summed E-state index contributed by atoms with van der Waals surface area (Å²) in [7, 11) is -2.63. The monoisotopic (exact) mass is 555 g/mol. The van der Waals surface area contributed by atoms with E-state index in [9.17, 15) is 8.42 Å². The van der Waals surface area contributed by atoms with Crippen LogP contribution in [0, 0.1) is 0 Å². The van der Waals surface area contributed by atoms with Crippen molar-refractivity contribution in [2.75, 3.05) is 13.7 Å². The molecule has 2 unspecified atom stereocenters. The van der Waals surface area contributed by atoms with Crippen LogP contribution in [0.3, 0.4) is 0 Å². The first kappa shape index (κ1) is 28.9. The van der Waals surface area contributed by atoms with E-state index in [-0.39, 0.29) is 28.1 Å². The SMILES string of the molecule is COc1c(ONS(=O)(=O)c2ccc(C(C)(C)C)cc2-c2ccccc2)cccc1OC(C)OC1CCCCO1. The summed E-state index contributed by atoms with van der Waals surface area (Å²) in [5.74, 6) is 0.718. The molecule has 0 amide bonds. The molecule has 0 aliphatic carbocycles. The predicted molar refractivity (Wildman–Crippen MR) is 149 cm³/mol. The first-order valence-corrected chi connectivity index (χ1v) is 14.6. The van der Waals surface area contributed by atoms with E-state index in [4.69, 9.17) is 23.8 Å². The molecule has 1 saturated heterocycles. The van der Waals surface area contributed by atoms with E-state index in [1.165, 1.54) is 7.11 Å². The minimum absolute atomic E-state index is 0.0996. The van der Waals surface area contributed by atoms with Gasteiger partial charge in [0.25, 0.3) is 10.0 Å². The molecule has 39 heavy (non-hydrogen) atoms. The summed E-state index contributed by atoms with van der Waals surface area (Å²) in [6.07, 6.45) is 1.91. The second kappa shape index (κ2) is 12.4. The topological polar surface area (TPSA) is 92.3 Å². The van der Waals surface area contributed by atoms with E-state index in [0.29, 0.717) is 17.9 Å². The van der Waals surface area contributed by atoms with Crippen LogP contribution < -0.4 is 19.2 Å². The maximum atomic E-state index is 13.5. The molecule has 8 nitrogen and oxygen atoms in total. The Bertz CT molecular complexity index is 1350. The zero-order valence-corrected chi connectivity index (χ0v) is 23.9. The zero-order chi connectivity index (χ0) is 28.0. The molecule has 1 heterocycles. The van der Waals surface area contributed by atoms with Crippen molar-refractivity contribution in [3.05, 3.63) is 72.3 Å². The second-order valence-corrected chi connectivity index (χ2v) is 12.0. The molecule has 9 heteroatoms. The van der Waals surface area contributed by atoms with E-state index in [0.717, 1.165) is 30.4 Å². The molecule has 3 aromatic carbocycles. The van der Waals surface area contributed by atoms with Gasteiger partial charge in [0.2, 0.25) is 5.75 Å². The number of hydrogen-bond acceptors (Lipinski definition) is 7. The summed E-state index contributed by atoms with van der Waals surface area (Å²) >= 11 is 0. The Kier molecular flexibility index (Phi) is 9.17. The lowest BCUT2D eigenvalue weighted by Crippen LogP contribution is -2.29. The predicted octanol–water partition coefficient (Wildman–Crippen LogP) is 6.20. The van der Waals surface area contributed by atoms with Crippen molar-refractivity contribution < 1.29 is 32.2 Å². The maximum Gasteiger partial charge on any atom is 0.272 e. The molecule has 1 fully saturated rings. The van der Waals surface area contributed by atoms with Crippen molar-refractivity contribution >= 4 is 10.0 Å². The van der Waals surface area contributed by atoms with E-state index < -0.39 is 16.3 Å². The number of methoxy groups -OCH3 is 1. The molecule has 0 radical (unpaired) electrons. The number of ether oxygens (including phenoxy) is 4. The van der Waals surface area contributed by atoms with Crippen molar-refractivity contribution in [1.82, 2.24) is 4.89 Å². The summed E-state index contributed by atoms with van der Waals surface area (Å²) in [5, 5.41) is 0. The smallest absolute Gasteiger partial charge is 0.272 e. The molecule has 3 aromatic rings. The average molecular weight is 556 g/mol. The van der Waals surface area contributed by atoms with E-state index >= 15 is 0 Å². The third kappa shape index (κ3) is 7.30. The van der Waals surface area contributed by atoms with Crippen LogP contribution in [0.2, 0.25) is 0 Å². The Morgan fingerprint density at radius 3 is 2.38 bits per heavy atom. The molecule has 0 aromatic heterocycles. The Hall–Kier alpha value is -3.11. The van der Waals surface area contributed by atoms with Crippen LogP contribution in [0.1, 0.15) is 52.5 Å². The van der Waals surface area contributed by atoms with Gasteiger partial charge in [-0.25, -0.2) is 8.42 Å². The highest BCUT2D eigenvalue weighted by Crippen LogP contribution is 2.38. The number of rotatable bonds is 10. The fourth-order valence-electron chi connectivity index (χ4n) is 4.33. The fraction of sp³-hybridized carbons (Fsp3) is 0.400. The zero-order valence-electron chi connectivity index (χ0n) is 23.1. The van der Waals surface area contributed by atoms with Crippen molar-refractivity contribution in [1.29, 1.82) is 0 Å². The Balaban J connectivity index is 1.56. The van der Waals surface area contributed by atoms with Crippen LogP contribution >= 0.6 is 0 Å². The highest BCUT2D eigenvalue weighted by atomic mass is 32.2. The summed E-state index contributed by atoms with van der Waals surface area (Å²) in [5.41, 5.74) is 2.22. The van der Waals surface area contributed by atoms with E-state index in [2.05, 4.69) is 25.7 Å². The molecule has 1 N–H and O–H groups in total. The van der Waals surface area contributed by atoms with Crippen LogP contribution in [0.5, 0.6) is 17.2 Å². The molecule has 0 saturated carbocycles. The Morgan fingerprint density at radius 1 is 0.974 bits per heavy atom. The van der Waals surface area contributed by atoms with Gasteiger partial charge in [-0.05, 0) is 71.9 Å². The highest BCUT2D eigenvalue weighted by Gasteiger charge is 2.25. The largest absolute Gasteiger partial charge is 0.490 e. The number of benzene rings is 3.